The van der Waals surface area contributed by atoms with Crippen molar-refractivity contribution in [3.8, 4) is 17.1 Å². The maximum absolute atomic E-state index is 15.3. The summed E-state index contributed by atoms with van der Waals surface area (Å²) in [5.41, 5.74) is 5.29. The first-order valence-electron chi connectivity index (χ1n) is 12.4. The first-order chi connectivity index (χ1) is 17.9. The molecule has 0 spiro atoms. The van der Waals surface area contributed by atoms with Gasteiger partial charge in [0.1, 0.15) is 24.1 Å². The van der Waals surface area contributed by atoms with E-state index in [-0.39, 0.29) is 42.7 Å². The molecule has 5 heterocycles. The number of aryl methyl sites for hydroxylation is 2. The number of fused-ring (bicyclic) bond motifs is 3. The number of aliphatic hydroxyl groups is 1. The van der Waals surface area contributed by atoms with Crippen molar-refractivity contribution in [1.29, 1.82) is 0 Å². The molecule has 5 atom stereocenters. The lowest BCUT2D eigenvalue weighted by Crippen LogP contribution is -2.34. The van der Waals surface area contributed by atoms with Crippen LogP contribution in [0.25, 0.3) is 22.3 Å². The lowest BCUT2D eigenvalue weighted by Gasteiger charge is -2.15. The normalized spacial score (nSPS) is 26.6. The number of benzene rings is 1. The van der Waals surface area contributed by atoms with Crippen molar-refractivity contribution in [3.63, 3.8) is 0 Å². The number of pyridine rings is 1. The molecule has 0 amide bonds. The van der Waals surface area contributed by atoms with Crippen LogP contribution in [0.15, 0.2) is 30.6 Å². The molecule has 2 aliphatic heterocycles. The smallest absolute Gasteiger partial charge is 0.296 e. The number of ether oxygens (including phenoxy) is 3. The van der Waals surface area contributed by atoms with Crippen LogP contribution in [0.1, 0.15) is 29.2 Å². The minimum Gasteiger partial charge on any atom is -0.456 e. The van der Waals surface area contributed by atoms with Crippen LogP contribution in [0.3, 0.4) is 0 Å². The highest BCUT2D eigenvalue weighted by Crippen LogP contribution is 2.40. The second-order valence-corrected chi connectivity index (χ2v) is 10.4. The van der Waals surface area contributed by atoms with Gasteiger partial charge < -0.3 is 24.3 Å². The standard InChI is InChI=1S/C26H25ClFN5O4/c1-33-9-15(8-29-33)14-4-12-2-3-13(22(12)17(28)5-14)6-18-16(27)7-19-25(30-18)32-26(31-19)37-21-11-36-23-20(34)10-35-24(21)23/h4-5,7-9,13,20-21,23-24,34H,2-3,6,10-11H2,1H3,(H,30,31,32)/t13?,20-,21-,23-,24-/m1/s1. The van der Waals surface area contributed by atoms with Gasteiger partial charge in [0.15, 0.2) is 11.8 Å². The van der Waals surface area contributed by atoms with Gasteiger partial charge in [-0.05, 0) is 54.0 Å². The molecule has 3 aliphatic rings. The topological polar surface area (TPSA) is 107 Å². The summed E-state index contributed by atoms with van der Waals surface area (Å²) in [6.45, 7) is 0.531. The minimum absolute atomic E-state index is 0.0198. The van der Waals surface area contributed by atoms with E-state index in [0.29, 0.717) is 34.9 Å². The van der Waals surface area contributed by atoms with E-state index < -0.39 is 6.10 Å². The van der Waals surface area contributed by atoms with Gasteiger partial charge in [-0.1, -0.05) is 17.7 Å². The van der Waals surface area contributed by atoms with E-state index in [2.05, 4.69) is 21.1 Å². The molecule has 9 nitrogen and oxygen atoms in total. The van der Waals surface area contributed by atoms with Crippen molar-refractivity contribution in [2.24, 2.45) is 7.05 Å². The molecular weight excluding hydrogens is 501 g/mol. The molecule has 2 fully saturated rings. The fourth-order valence-corrected chi connectivity index (χ4v) is 6.04. The fourth-order valence-electron chi connectivity index (χ4n) is 5.81. The van der Waals surface area contributed by atoms with Crippen LogP contribution < -0.4 is 4.74 Å². The average molecular weight is 526 g/mol. The summed E-state index contributed by atoms with van der Waals surface area (Å²) in [7, 11) is 1.85. The van der Waals surface area contributed by atoms with Crippen molar-refractivity contribution in [2.75, 3.05) is 13.2 Å². The molecule has 4 aromatic rings. The van der Waals surface area contributed by atoms with E-state index in [4.69, 9.17) is 30.8 Å². The van der Waals surface area contributed by atoms with Crippen molar-refractivity contribution in [3.05, 3.63) is 58.3 Å². The first-order valence-corrected chi connectivity index (χ1v) is 12.7. The third-order valence-corrected chi connectivity index (χ3v) is 7.91. The van der Waals surface area contributed by atoms with Gasteiger partial charge in [0.2, 0.25) is 0 Å². The highest BCUT2D eigenvalue weighted by atomic mass is 35.5. The van der Waals surface area contributed by atoms with E-state index in [9.17, 15) is 5.11 Å². The Morgan fingerprint density at radius 3 is 2.89 bits per heavy atom. The molecule has 2 N–H and O–H groups in total. The number of aromatic nitrogens is 5. The second-order valence-electron chi connectivity index (χ2n) is 10.0. The Morgan fingerprint density at radius 1 is 1.19 bits per heavy atom. The largest absolute Gasteiger partial charge is 0.456 e. The quantitative estimate of drug-likeness (QED) is 0.411. The molecule has 3 aromatic heterocycles. The summed E-state index contributed by atoms with van der Waals surface area (Å²) in [6, 6.07) is 5.72. The molecular formula is C26H25ClFN5O4. The van der Waals surface area contributed by atoms with Crippen LogP contribution in [0.5, 0.6) is 6.01 Å². The van der Waals surface area contributed by atoms with Crippen molar-refractivity contribution >= 4 is 22.8 Å². The maximum Gasteiger partial charge on any atom is 0.296 e. The number of aliphatic hydroxyl groups excluding tert-OH is 1. The van der Waals surface area contributed by atoms with E-state index in [1.165, 1.54) is 0 Å². The van der Waals surface area contributed by atoms with Crippen LogP contribution in [-0.4, -0.2) is 67.5 Å². The number of H-pyrrole nitrogens is 1. The predicted molar refractivity (Wildman–Crippen MR) is 132 cm³/mol. The van der Waals surface area contributed by atoms with Gasteiger partial charge in [-0.25, -0.2) is 9.37 Å². The third-order valence-electron chi connectivity index (χ3n) is 7.59. The number of hydrogen-bond acceptors (Lipinski definition) is 7. The fraction of sp³-hybridized carbons (Fsp3) is 0.423. The number of nitrogens with zero attached hydrogens (tertiary/aromatic N) is 4. The Morgan fingerprint density at radius 2 is 2.05 bits per heavy atom. The molecule has 11 heteroatoms. The van der Waals surface area contributed by atoms with Crippen LogP contribution in [-0.2, 0) is 29.4 Å². The van der Waals surface area contributed by atoms with Gasteiger partial charge in [0.05, 0.1) is 35.6 Å². The van der Waals surface area contributed by atoms with Gasteiger partial charge in [0.25, 0.3) is 6.01 Å². The number of rotatable bonds is 5. The SMILES string of the molecule is Cn1cc(-c2cc(F)c3c(c2)CCC3Cc2nc3nc(O[C@@H]4CO[C@H]5[C@@H]4OC[C@H]5O)[nH]c3cc2Cl)cn1. The maximum atomic E-state index is 15.3. The van der Waals surface area contributed by atoms with Gasteiger partial charge in [-0.3, -0.25) is 4.68 Å². The molecule has 0 bridgehead atoms. The van der Waals surface area contributed by atoms with Gasteiger partial charge in [-0.15, -0.1) is 0 Å². The monoisotopic (exact) mass is 525 g/mol. The summed E-state index contributed by atoms with van der Waals surface area (Å²) in [4.78, 5) is 12.3. The molecule has 192 valence electrons. The van der Waals surface area contributed by atoms with E-state index in [1.54, 1.807) is 23.0 Å². The zero-order valence-corrected chi connectivity index (χ0v) is 20.8. The molecule has 1 unspecified atom stereocenters. The van der Waals surface area contributed by atoms with Crippen LogP contribution in [0, 0.1) is 5.82 Å². The van der Waals surface area contributed by atoms with Crippen LogP contribution in [0.4, 0.5) is 4.39 Å². The summed E-state index contributed by atoms with van der Waals surface area (Å²) in [6.07, 6.45) is 4.01. The Hall–Kier alpha value is -3.05. The second kappa shape index (κ2) is 8.76. The molecule has 0 radical (unpaired) electrons. The lowest BCUT2D eigenvalue weighted by atomic mass is 9.93. The highest BCUT2D eigenvalue weighted by molar-refractivity contribution is 6.31. The molecule has 2 saturated heterocycles. The number of hydrogen-bond donors (Lipinski definition) is 2. The molecule has 0 saturated carbocycles. The van der Waals surface area contributed by atoms with Crippen molar-refractivity contribution in [1.82, 2.24) is 24.7 Å². The number of imidazole rings is 1. The first kappa shape index (κ1) is 23.1. The van der Waals surface area contributed by atoms with Gasteiger partial charge in [0, 0.05) is 18.8 Å². The van der Waals surface area contributed by atoms with Gasteiger partial charge in [-0.2, -0.15) is 10.1 Å². The number of aromatic amines is 1. The predicted octanol–water partition coefficient (Wildman–Crippen LogP) is 3.33. The van der Waals surface area contributed by atoms with Gasteiger partial charge >= 0.3 is 0 Å². The van der Waals surface area contributed by atoms with Crippen LogP contribution in [0.2, 0.25) is 5.02 Å². The summed E-state index contributed by atoms with van der Waals surface area (Å²) < 4.78 is 34.2. The highest BCUT2D eigenvalue weighted by Gasteiger charge is 2.48. The Kier molecular flexibility index (Phi) is 5.47. The average Bonchev–Trinajstić information content (AvgIpc) is 3.67. The Balaban J connectivity index is 1.12. The number of halogens is 2. The summed E-state index contributed by atoms with van der Waals surface area (Å²) in [5, 5.41) is 14.6. The van der Waals surface area contributed by atoms with E-state index in [1.807, 2.05) is 13.2 Å². The lowest BCUT2D eigenvalue weighted by molar-refractivity contribution is 0.00706. The van der Waals surface area contributed by atoms with E-state index >= 15 is 4.39 Å². The summed E-state index contributed by atoms with van der Waals surface area (Å²) >= 11 is 6.60. The Bertz CT molecular complexity index is 1510. The summed E-state index contributed by atoms with van der Waals surface area (Å²) in [5.74, 6) is -0.226. The molecule has 1 aliphatic carbocycles. The van der Waals surface area contributed by atoms with Crippen molar-refractivity contribution < 1.29 is 23.7 Å². The number of nitrogens with one attached hydrogen (secondary N) is 1. The van der Waals surface area contributed by atoms with Crippen molar-refractivity contribution in [2.45, 2.75) is 49.6 Å². The van der Waals surface area contributed by atoms with E-state index in [0.717, 1.165) is 35.1 Å². The third kappa shape index (κ3) is 3.99. The zero-order valence-electron chi connectivity index (χ0n) is 20.0. The Labute approximate surface area is 216 Å². The minimum atomic E-state index is -0.648. The zero-order chi connectivity index (χ0) is 25.3. The molecule has 37 heavy (non-hydrogen) atoms. The van der Waals surface area contributed by atoms with Crippen LogP contribution >= 0.6 is 11.6 Å². The molecule has 7 rings (SSSR count). The molecule has 1 aromatic carbocycles.